The minimum atomic E-state index is 0. The highest BCUT2D eigenvalue weighted by Crippen LogP contribution is 2.26. The third kappa shape index (κ3) is 4.48. The first-order valence-corrected chi connectivity index (χ1v) is 9.61. The van der Waals surface area contributed by atoms with E-state index in [1.807, 2.05) is 39.9 Å². The summed E-state index contributed by atoms with van der Waals surface area (Å²) in [5.41, 5.74) is 7.67. The van der Waals surface area contributed by atoms with E-state index in [1.54, 1.807) is 0 Å². The van der Waals surface area contributed by atoms with Crippen LogP contribution in [0.3, 0.4) is 0 Å². The molecule has 1 aliphatic heterocycles. The van der Waals surface area contributed by atoms with Crippen LogP contribution in [0.1, 0.15) is 19.3 Å². The van der Waals surface area contributed by atoms with Crippen molar-refractivity contribution in [2.45, 2.75) is 31.8 Å². The van der Waals surface area contributed by atoms with Crippen molar-refractivity contribution in [3.05, 3.63) is 30.5 Å². The molecule has 7 nitrogen and oxygen atoms in total. The van der Waals surface area contributed by atoms with E-state index in [0.29, 0.717) is 32.8 Å². The molecule has 3 N–H and O–H groups in total. The summed E-state index contributed by atoms with van der Waals surface area (Å²) >= 11 is 0. The Labute approximate surface area is 170 Å². The van der Waals surface area contributed by atoms with Gasteiger partial charge in [-0.2, -0.15) is 0 Å². The van der Waals surface area contributed by atoms with E-state index in [1.165, 1.54) is 0 Å². The topological polar surface area (TPSA) is 89.6 Å². The number of nitrogens with zero attached hydrogens (tertiary/aromatic N) is 2. The van der Waals surface area contributed by atoms with Crippen molar-refractivity contribution in [2.75, 3.05) is 31.6 Å². The molecule has 4 rings (SSSR count). The number of aromatic nitrogens is 1. The van der Waals surface area contributed by atoms with Gasteiger partial charge in [-0.15, -0.1) is 12.4 Å². The normalized spacial score (nSPS) is 22.1. The van der Waals surface area contributed by atoms with E-state index >= 15 is 0 Å². The zero-order valence-electron chi connectivity index (χ0n) is 15.8. The number of ether oxygens (including phenoxy) is 1. The van der Waals surface area contributed by atoms with E-state index in [-0.39, 0.29) is 36.2 Å². The summed E-state index contributed by atoms with van der Waals surface area (Å²) in [5, 5.41) is 4.01. The molecule has 2 aromatic rings. The van der Waals surface area contributed by atoms with Crippen molar-refractivity contribution < 1.29 is 14.3 Å². The van der Waals surface area contributed by atoms with E-state index in [0.717, 1.165) is 35.9 Å². The van der Waals surface area contributed by atoms with Gasteiger partial charge in [0.15, 0.2) is 0 Å². The summed E-state index contributed by atoms with van der Waals surface area (Å²) in [6.45, 7) is 2.83. The number of amides is 2. The molecule has 8 heteroatoms. The lowest BCUT2D eigenvalue weighted by Gasteiger charge is -2.27. The highest BCUT2D eigenvalue weighted by molar-refractivity contribution is 5.95. The van der Waals surface area contributed by atoms with Gasteiger partial charge in [0.1, 0.15) is 6.54 Å². The zero-order chi connectivity index (χ0) is 18.8. The first-order chi connectivity index (χ1) is 13.1. The Hall–Kier alpha value is -2.09. The van der Waals surface area contributed by atoms with E-state index in [4.69, 9.17) is 10.5 Å². The number of nitrogens with one attached hydrogen (secondary N) is 1. The van der Waals surface area contributed by atoms with Crippen LogP contribution in [0.25, 0.3) is 10.9 Å². The van der Waals surface area contributed by atoms with Crippen molar-refractivity contribution in [3.63, 3.8) is 0 Å². The number of anilines is 1. The number of halogens is 1. The third-order valence-corrected chi connectivity index (χ3v) is 5.55. The molecule has 2 fully saturated rings. The standard InChI is InChI=1S/C20H26N4O3.ClH/c21-16-2-1-15(11-16)20(26)22-17-3-4-18-14(12-17)5-6-24(18)13-19(25)23-7-9-27-10-8-23;/h3-6,12,15-16H,1-2,7-11,13,21H2,(H,22,26);1H. The molecular weight excluding hydrogens is 380 g/mol. The Kier molecular flexibility index (Phi) is 6.59. The summed E-state index contributed by atoms with van der Waals surface area (Å²) in [6.07, 6.45) is 4.45. The van der Waals surface area contributed by atoms with Crippen molar-refractivity contribution >= 4 is 40.8 Å². The largest absolute Gasteiger partial charge is 0.378 e. The van der Waals surface area contributed by atoms with Gasteiger partial charge in [0.25, 0.3) is 0 Å². The van der Waals surface area contributed by atoms with Crippen LogP contribution in [-0.2, 0) is 20.9 Å². The summed E-state index contributed by atoms with van der Waals surface area (Å²) in [4.78, 5) is 26.7. The fourth-order valence-electron chi connectivity index (χ4n) is 3.97. The molecule has 2 unspecified atom stereocenters. The van der Waals surface area contributed by atoms with Gasteiger partial charge in [-0.3, -0.25) is 9.59 Å². The second-order valence-electron chi connectivity index (χ2n) is 7.47. The molecule has 2 heterocycles. The number of nitrogens with two attached hydrogens (primary N) is 1. The van der Waals surface area contributed by atoms with Crippen molar-refractivity contribution in [1.82, 2.24) is 9.47 Å². The Bertz CT molecular complexity index is 847. The van der Waals surface area contributed by atoms with Crippen LogP contribution >= 0.6 is 12.4 Å². The average molecular weight is 407 g/mol. The molecule has 1 aliphatic carbocycles. The number of fused-ring (bicyclic) bond motifs is 1. The van der Waals surface area contributed by atoms with Gasteiger partial charge in [-0.1, -0.05) is 0 Å². The van der Waals surface area contributed by atoms with Crippen molar-refractivity contribution in [1.29, 1.82) is 0 Å². The number of benzene rings is 1. The number of morpholine rings is 1. The molecule has 2 aliphatic rings. The van der Waals surface area contributed by atoms with Gasteiger partial charge in [0.2, 0.25) is 11.8 Å². The van der Waals surface area contributed by atoms with Crippen molar-refractivity contribution in [3.8, 4) is 0 Å². The molecule has 152 valence electrons. The monoisotopic (exact) mass is 406 g/mol. The van der Waals surface area contributed by atoms with Crippen LogP contribution in [-0.4, -0.2) is 53.6 Å². The number of carbonyl (C=O) groups is 2. The molecule has 2 amide bonds. The lowest BCUT2D eigenvalue weighted by atomic mass is 10.1. The van der Waals surface area contributed by atoms with Crippen LogP contribution in [0.15, 0.2) is 30.5 Å². The molecule has 1 saturated heterocycles. The van der Waals surface area contributed by atoms with Crippen LogP contribution in [0.5, 0.6) is 0 Å². The molecule has 1 aromatic heterocycles. The molecular formula is C20H27ClN4O3. The molecule has 0 radical (unpaired) electrons. The zero-order valence-corrected chi connectivity index (χ0v) is 16.6. The maximum Gasteiger partial charge on any atom is 0.242 e. The van der Waals surface area contributed by atoms with Gasteiger partial charge in [0.05, 0.1) is 13.2 Å². The van der Waals surface area contributed by atoms with Gasteiger partial charge in [-0.05, 0) is 43.5 Å². The molecule has 0 spiro atoms. The Morgan fingerprint density at radius 2 is 1.96 bits per heavy atom. The summed E-state index contributed by atoms with van der Waals surface area (Å²) < 4.78 is 7.25. The molecule has 28 heavy (non-hydrogen) atoms. The Morgan fingerprint density at radius 3 is 2.68 bits per heavy atom. The molecule has 1 saturated carbocycles. The van der Waals surface area contributed by atoms with Gasteiger partial charge < -0.3 is 25.3 Å². The fourth-order valence-corrected chi connectivity index (χ4v) is 3.97. The van der Waals surface area contributed by atoms with Crippen LogP contribution < -0.4 is 11.1 Å². The fraction of sp³-hybridized carbons (Fsp3) is 0.500. The number of hydrogen-bond donors (Lipinski definition) is 2. The minimum Gasteiger partial charge on any atom is -0.378 e. The first-order valence-electron chi connectivity index (χ1n) is 9.61. The predicted octanol–water partition coefficient (Wildman–Crippen LogP) is 1.99. The average Bonchev–Trinajstić information content (AvgIpc) is 3.29. The van der Waals surface area contributed by atoms with Crippen LogP contribution in [0.2, 0.25) is 0 Å². The molecule has 1 aromatic carbocycles. The number of rotatable bonds is 4. The quantitative estimate of drug-likeness (QED) is 0.812. The van der Waals surface area contributed by atoms with Crippen LogP contribution in [0, 0.1) is 5.92 Å². The second kappa shape index (κ2) is 8.94. The SMILES string of the molecule is Cl.NC1CCC(C(=O)Nc2ccc3c(ccn3CC(=O)N3CCOCC3)c2)C1. The van der Waals surface area contributed by atoms with Crippen molar-refractivity contribution in [2.24, 2.45) is 11.7 Å². The number of carbonyl (C=O) groups excluding carboxylic acids is 2. The highest BCUT2D eigenvalue weighted by atomic mass is 35.5. The maximum atomic E-state index is 12.5. The highest BCUT2D eigenvalue weighted by Gasteiger charge is 2.27. The second-order valence-corrected chi connectivity index (χ2v) is 7.47. The first kappa shape index (κ1) is 20.6. The Balaban J connectivity index is 0.00000225. The van der Waals surface area contributed by atoms with E-state index in [2.05, 4.69) is 5.32 Å². The smallest absolute Gasteiger partial charge is 0.242 e. The third-order valence-electron chi connectivity index (χ3n) is 5.55. The molecule has 0 bridgehead atoms. The number of hydrogen-bond acceptors (Lipinski definition) is 4. The Morgan fingerprint density at radius 1 is 1.18 bits per heavy atom. The van der Waals surface area contributed by atoms with Gasteiger partial charge >= 0.3 is 0 Å². The lowest BCUT2D eigenvalue weighted by molar-refractivity contribution is -0.135. The predicted molar refractivity (Wildman–Crippen MR) is 111 cm³/mol. The van der Waals surface area contributed by atoms with Gasteiger partial charge in [-0.25, -0.2) is 0 Å². The maximum absolute atomic E-state index is 12.5. The summed E-state index contributed by atoms with van der Waals surface area (Å²) in [7, 11) is 0. The van der Waals surface area contributed by atoms with Crippen LogP contribution in [0.4, 0.5) is 5.69 Å². The molecule has 2 atom stereocenters. The minimum absolute atomic E-state index is 0. The summed E-state index contributed by atoms with van der Waals surface area (Å²) in [6, 6.07) is 7.92. The van der Waals surface area contributed by atoms with E-state index in [9.17, 15) is 9.59 Å². The summed E-state index contributed by atoms with van der Waals surface area (Å²) in [5.74, 6) is 0.154. The van der Waals surface area contributed by atoms with E-state index < -0.39 is 0 Å². The van der Waals surface area contributed by atoms with Gasteiger partial charge in [0, 0.05) is 47.8 Å². The lowest BCUT2D eigenvalue weighted by Crippen LogP contribution is -2.42.